The van der Waals surface area contributed by atoms with Gasteiger partial charge in [0.1, 0.15) is 11.5 Å². The van der Waals surface area contributed by atoms with Crippen LogP contribution in [0.5, 0.6) is 11.5 Å². The standard InChI is InChI=1S/C23H32N2O3/c1-16(2)22(18-9-13-20(28-6)14-10-18)23(26)24-15-21(25(3)4)17-7-11-19(27-5)12-8-17/h7-14,16,21-22H,15H2,1-6H3,(H,24,26). The van der Waals surface area contributed by atoms with Gasteiger partial charge in [-0.2, -0.15) is 0 Å². The van der Waals surface area contributed by atoms with Gasteiger partial charge in [-0.1, -0.05) is 38.1 Å². The number of hydrogen-bond donors (Lipinski definition) is 1. The summed E-state index contributed by atoms with van der Waals surface area (Å²) in [6.07, 6.45) is 0. The molecule has 152 valence electrons. The Kier molecular flexibility index (Phi) is 7.88. The van der Waals surface area contributed by atoms with Crippen molar-refractivity contribution in [1.29, 1.82) is 0 Å². The van der Waals surface area contributed by atoms with Crippen molar-refractivity contribution in [2.75, 3.05) is 34.9 Å². The normalized spacial score (nSPS) is 13.3. The van der Waals surface area contributed by atoms with E-state index in [9.17, 15) is 4.79 Å². The molecule has 2 atom stereocenters. The molecular formula is C23H32N2O3. The summed E-state index contributed by atoms with van der Waals surface area (Å²) in [6, 6.07) is 15.8. The Bertz CT molecular complexity index is 739. The van der Waals surface area contributed by atoms with Gasteiger partial charge < -0.3 is 19.7 Å². The first-order valence-corrected chi connectivity index (χ1v) is 9.59. The number of rotatable bonds is 9. The number of hydrogen-bond acceptors (Lipinski definition) is 4. The molecule has 2 aromatic rings. The number of ether oxygens (including phenoxy) is 2. The second kappa shape index (κ2) is 10.1. The Morgan fingerprint density at radius 2 is 1.36 bits per heavy atom. The molecule has 0 aliphatic rings. The van der Waals surface area contributed by atoms with Crippen molar-refractivity contribution in [3.63, 3.8) is 0 Å². The number of likely N-dealkylation sites (N-methyl/N-ethyl adjacent to an activating group) is 1. The van der Waals surface area contributed by atoms with Gasteiger partial charge in [-0.25, -0.2) is 0 Å². The first-order chi connectivity index (χ1) is 13.4. The first kappa shape index (κ1) is 21.8. The highest BCUT2D eigenvalue weighted by atomic mass is 16.5. The lowest BCUT2D eigenvalue weighted by Crippen LogP contribution is -2.38. The molecule has 0 aliphatic heterocycles. The van der Waals surface area contributed by atoms with E-state index in [4.69, 9.17) is 9.47 Å². The first-order valence-electron chi connectivity index (χ1n) is 9.59. The highest BCUT2D eigenvalue weighted by molar-refractivity contribution is 5.84. The number of amides is 1. The highest BCUT2D eigenvalue weighted by Gasteiger charge is 2.25. The van der Waals surface area contributed by atoms with Crippen molar-refractivity contribution >= 4 is 5.91 Å². The second-order valence-corrected chi connectivity index (χ2v) is 7.49. The van der Waals surface area contributed by atoms with Crippen LogP contribution in [0.3, 0.4) is 0 Å². The molecule has 2 aromatic carbocycles. The molecule has 2 unspecified atom stereocenters. The van der Waals surface area contributed by atoms with E-state index in [-0.39, 0.29) is 23.8 Å². The van der Waals surface area contributed by atoms with E-state index in [1.807, 2.05) is 62.6 Å². The summed E-state index contributed by atoms with van der Waals surface area (Å²) >= 11 is 0. The van der Waals surface area contributed by atoms with Crippen molar-refractivity contribution in [2.45, 2.75) is 25.8 Å². The summed E-state index contributed by atoms with van der Waals surface area (Å²) in [5.41, 5.74) is 2.13. The Morgan fingerprint density at radius 3 is 1.75 bits per heavy atom. The zero-order valence-electron chi connectivity index (χ0n) is 17.7. The molecule has 0 bridgehead atoms. The van der Waals surface area contributed by atoms with E-state index in [2.05, 4.69) is 24.1 Å². The monoisotopic (exact) mass is 384 g/mol. The van der Waals surface area contributed by atoms with Crippen LogP contribution in [0.4, 0.5) is 0 Å². The molecule has 0 aliphatic carbocycles. The lowest BCUT2D eigenvalue weighted by molar-refractivity contribution is -0.123. The predicted octanol–water partition coefficient (Wildman–Crippen LogP) is 3.86. The van der Waals surface area contributed by atoms with Gasteiger partial charge in [0.15, 0.2) is 0 Å². The number of carbonyl (C=O) groups excluding carboxylic acids is 1. The SMILES string of the molecule is COc1ccc(C(C(=O)NCC(c2ccc(OC)cc2)N(C)C)C(C)C)cc1. The van der Waals surface area contributed by atoms with Gasteiger partial charge in [-0.15, -0.1) is 0 Å². The molecular weight excluding hydrogens is 352 g/mol. The van der Waals surface area contributed by atoms with Crippen molar-refractivity contribution in [2.24, 2.45) is 5.92 Å². The Balaban J connectivity index is 2.12. The molecule has 0 fully saturated rings. The summed E-state index contributed by atoms with van der Waals surface area (Å²) in [7, 11) is 7.33. The van der Waals surface area contributed by atoms with Crippen molar-refractivity contribution < 1.29 is 14.3 Å². The van der Waals surface area contributed by atoms with E-state index in [0.717, 1.165) is 22.6 Å². The van der Waals surface area contributed by atoms with E-state index in [1.165, 1.54) is 0 Å². The third kappa shape index (κ3) is 5.49. The van der Waals surface area contributed by atoms with Gasteiger partial charge in [0, 0.05) is 6.54 Å². The van der Waals surface area contributed by atoms with Crippen molar-refractivity contribution in [3.05, 3.63) is 59.7 Å². The van der Waals surface area contributed by atoms with Crippen LogP contribution in [0.2, 0.25) is 0 Å². The maximum absolute atomic E-state index is 13.0. The van der Waals surface area contributed by atoms with Gasteiger partial charge in [-0.05, 0) is 55.4 Å². The molecule has 1 amide bonds. The minimum Gasteiger partial charge on any atom is -0.497 e. The Morgan fingerprint density at radius 1 is 0.893 bits per heavy atom. The van der Waals surface area contributed by atoms with Gasteiger partial charge in [-0.3, -0.25) is 4.79 Å². The van der Waals surface area contributed by atoms with Gasteiger partial charge >= 0.3 is 0 Å². The number of nitrogens with one attached hydrogen (secondary N) is 1. The van der Waals surface area contributed by atoms with E-state index >= 15 is 0 Å². The van der Waals surface area contributed by atoms with Crippen molar-refractivity contribution in [3.8, 4) is 11.5 Å². The Labute approximate surface area is 168 Å². The summed E-state index contributed by atoms with van der Waals surface area (Å²) in [5.74, 6) is 1.64. The summed E-state index contributed by atoms with van der Waals surface area (Å²) in [6.45, 7) is 4.68. The summed E-state index contributed by atoms with van der Waals surface area (Å²) in [5, 5.41) is 3.16. The van der Waals surface area contributed by atoms with Gasteiger partial charge in [0.25, 0.3) is 0 Å². The highest BCUT2D eigenvalue weighted by Crippen LogP contribution is 2.27. The number of methoxy groups -OCH3 is 2. The molecule has 2 rings (SSSR count). The number of nitrogens with zero attached hydrogens (tertiary/aromatic N) is 1. The molecule has 0 aromatic heterocycles. The number of benzene rings is 2. The van der Waals surface area contributed by atoms with Crippen LogP contribution < -0.4 is 14.8 Å². The maximum atomic E-state index is 13.0. The minimum atomic E-state index is -0.204. The topological polar surface area (TPSA) is 50.8 Å². The van der Waals surface area contributed by atoms with Gasteiger partial charge in [0.2, 0.25) is 5.91 Å². The third-order valence-corrected chi connectivity index (χ3v) is 5.02. The lowest BCUT2D eigenvalue weighted by Gasteiger charge is -2.27. The fraction of sp³-hybridized carbons (Fsp3) is 0.435. The molecule has 28 heavy (non-hydrogen) atoms. The van der Waals surface area contributed by atoms with E-state index < -0.39 is 0 Å². The predicted molar refractivity (Wildman–Crippen MR) is 113 cm³/mol. The van der Waals surface area contributed by atoms with E-state index in [0.29, 0.717) is 6.54 Å². The molecule has 0 radical (unpaired) electrons. The van der Waals surface area contributed by atoms with Crippen LogP contribution in [-0.2, 0) is 4.79 Å². The van der Waals surface area contributed by atoms with E-state index in [1.54, 1.807) is 14.2 Å². The zero-order chi connectivity index (χ0) is 20.7. The largest absolute Gasteiger partial charge is 0.497 e. The summed E-state index contributed by atoms with van der Waals surface area (Å²) < 4.78 is 10.5. The minimum absolute atomic E-state index is 0.0422. The fourth-order valence-corrected chi connectivity index (χ4v) is 3.38. The summed E-state index contributed by atoms with van der Waals surface area (Å²) in [4.78, 5) is 15.1. The number of carbonyl (C=O) groups is 1. The zero-order valence-corrected chi connectivity index (χ0v) is 17.7. The quantitative estimate of drug-likeness (QED) is 0.713. The van der Waals surface area contributed by atoms with Crippen LogP contribution >= 0.6 is 0 Å². The average Bonchev–Trinajstić information content (AvgIpc) is 2.68. The fourth-order valence-electron chi connectivity index (χ4n) is 3.38. The molecule has 5 heteroatoms. The second-order valence-electron chi connectivity index (χ2n) is 7.49. The van der Waals surface area contributed by atoms with Crippen LogP contribution in [-0.4, -0.2) is 45.7 Å². The molecule has 0 heterocycles. The lowest BCUT2D eigenvalue weighted by atomic mass is 9.87. The molecule has 0 saturated carbocycles. The molecule has 5 nitrogen and oxygen atoms in total. The van der Waals surface area contributed by atoms with Crippen LogP contribution in [0.1, 0.15) is 36.9 Å². The van der Waals surface area contributed by atoms with Crippen LogP contribution in [0, 0.1) is 5.92 Å². The molecule has 1 N–H and O–H groups in total. The average molecular weight is 385 g/mol. The van der Waals surface area contributed by atoms with Crippen LogP contribution in [0.25, 0.3) is 0 Å². The van der Waals surface area contributed by atoms with Crippen molar-refractivity contribution in [1.82, 2.24) is 10.2 Å². The van der Waals surface area contributed by atoms with Crippen LogP contribution in [0.15, 0.2) is 48.5 Å². The van der Waals surface area contributed by atoms with Gasteiger partial charge in [0.05, 0.1) is 26.2 Å². The molecule has 0 spiro atoms. The maximum Gasteiger partial charge on any atom is 0.227 e. The molecule has 0 saturated heterocycles. The smallest absolute Gasteiger partial charge is 0.227 e. The third-order valence-electron chi connectivity index (χ3n) is 5.02. The Hall–Kier alpha value is -2.53.